The topological polar surface area (TPSA) is 35.6 Å². The van der Waals surface area contributed by atoms with E-state index >= 15 is 0 Å². The molecule has 1 amide bonds. The van der Waals surface area contributed by atoms with Crippen LogP contribution in [0.3, 0.4) is 0 Å². The molecule has 0 unspecified atom stereocenters. The first kappa shape index (κ1) is 19.1. The summed E-state index contributed by atoms with van der Waals surface area (Å²) in [7, 11) is 2.17. The van der Waals surface area contributed by atoms with Gasteiger partial charge >= 0.3 is 0 Å². The van der Waals surface area contributed by atoms with Gasteiger partial charge in [-0.25, -0.2) is 0 Å². The van der Waals surface area contributed by atoms with Gasteiger partial charge in [-0.05, 0) is 62.5 Å². The van der Waals surface area contributed by atoms with Crippen molar-refractivity contribution >= 4 is 17.2 Å². The lowest BCUT2D eigenvalue weighted by atomic mass is 10.0. The molecule has 1 saturated heterocycles. The van der Waals surface area contributed by atoms with Crippen LogP contribution in [0.4, 0.5) is 0 Å². The number of carbonyl (C=O) groups is 1. The largest absolute Gasteiger partial charge is 0.348 e. The van der Waals surface area contributed by atoms with Gasteiger partial charge in [0.2, 0.25) is 0 Å². The zero-order valence-electron chi connectivity index (χ0n) is 16.2. The molecule has 0 saturated carbocycles. The Bertz CT molecular complexity index is 736. The maximum atomic E-state index is 12.8. The number of nitrogens with one attached hydrogen (secondary N) is 1. The summed E-state index contributed by atoms with van der Waals surface area (Å²) < 4.78 is 0. The minimum absolute atomic E-state index is 0.0104. The van der Waals surface area contributed by atoms with Gasteiger partial charge in [0, 0.05) is 42.7 Å². The van der Waals surface area contributed by atoms with Crippen molar-refractivity contribution in [1.82, 2.24) is 15.1 Å². The minimum atomic E-state index is 0.0104. The molecule has 1 aliphatic heterocycles. The van der Waals surface area contributed by atoms with Crippen molar-refractivity contribution in [3.8, 4) is 0 Å². The zero-order chi connectivity index (χ0) is 18.7. The third-order valence-corrected chi connectivity index (χ3v) is 6.31. The molecule has 1 aromatic carbocycles. The van der Waals surface area contributed by atoms with Crippen LogP contribution in [0, 0.1) is 13.8 Å². The number of likely N-dealkylation sites (N-methyl/N-ethyl adjacent to an activating group) is 1. The number of amides is 1. The Morgan fingerprint density at radius 1 is 1.12 bits per heavy atom. The van der Waals surface area contributed by atoms with E-state index in [2.05, 4.69) is 53.5 Å². The third kappa shape index (κ3) is 4.34. The van der Waals surface area contributed by atoms with Gasteiger partial charge in [0.15, 0.2) is 0 Å². The Hall–Kier alpha value is -1.69. The van der Waals surface area contributed by atoms with Crippen LogP contribution < -0.4 is 5.32 Å². The van der Waals surface area contributed by atoms with Gasteiger partial charge < -0.3 is 10.2 Å². The van der Waals surface area contributed by atoms with E-state index in [0.717, 1.165) is 37.3 Å². The first-order valence-corrected chi connectivity index (χ1v) is 10.2. The second-order valence-corrected chi connectivity index (χ2v) is 8.34. The van der Waals surface area contributed by atoms with Crippen LogP contribution in [0.2, 0.25) is 0 Å². The molecule has 1 N–H and O–H groups in total. The second-order valence-electron chi connectivity index (χ2n) is 7.36. The van der Waals surface area contributed by atoms with Crippen molar-refractivity contribution < 1.29 is 4.79 Å². The van der Waals surface area contributed by atoms with Crippen LogP contribution in [-0.4, -0.2) is 55.0 Å². The maximum absolute atomic E-state index is 12.8. The van der Waals surface area contributed by atoms with E-state index in [1.165, 1.54) is 10.4 Å². The Balaban J connectivity index is 1.75. The first-order chi connectivity index (χ1) is 12.5. The molecule has 1 fully saturated rings. The van der Waals surface area contributed by atoms with Crippen LogP contribution in [0.15, 0.2) is 35.7 Å². The summed E-state index contributed by atoms with van der Waals surface area (Å²) in [5.74, 6) is 0.0104. The summed E-state index contributed by atoms with van der Waals surface area (Å²) in [6.45, 7) is 10.4. The number of benzene rings is 1. The Labute approximate surface area is 160 Å². The molecular weight excluding hydrogens is 342 g/mol. The average molecular weight is 372 g/mol. The molecule has 140 valence electrons. The standard InChI is InChI=1S/C21H29N3OS/c1-15-7-8-18(14-16(15)2)21(25)22-17(3)20(19-6-5-13-26-19)24-11-9-23(4)10-12-24/h5-8,13-14,17,20H,9-12H2,1-4H3,(H,22,25)/t17-,20-/m1/s1. The second kappa shape index (κ2) is 8.33. The SMILES string of the molecule is Cc1ccc(C(=O)N[C@H](C)[C@H](c2cccs2)N2CCN(C)CC2)cc1C. The molecule has 26 heavy (non-hydrogen) atoms. The molecule has 0 spiro atoms. The zero-order valence-corrected chi connectivity index (χ0v) is 17.0. The summed E-state index contributed by atoms with van der Waals surface area (Å²) in [4.78, 5) is 19.0. The van der Waals surface area contributed by atoms with Crippen LogP contribution in [-0.2, 0) is 0 Å². The molecule has 0 aliphatic carbocycles. The third-order valence-electron chi connectivity index (χ3n) is 5.37. The number of piperazine rings is 1. The number of rotatable bonds is 5. The van der Waals surface area contributed by atoms with E-state index in [4.69, 9.17) is 0 Å². The lowest BCUT2D eigenvalue weighted by Crippen LogP contribution is -2.51. The van der Waals surface area contributed by atoms with E-state index in [-0.39, 0.29) is 18.0 Å². The Kier molecular flexibility index (Phi) is 6.12. The van der Waals surface area contributed by atoms with Gasteiger partial charge in [-0.15, -0.1) is 11.3 Å². The van der Waals surface area contributed by atoms with Crippen LogP contribution in [0.5, 0.6) is 0 Å². The summed E-state index contributed by atoms with van der Waals surface area (Å²) >= 11 is 1.77. The number of thiophene rings is 1. The molecule has 2 aromatic rings. The van der Waals surface area contributed by atoms with E-state index in [0.29, 0.717) is 0 Å². The molecule has 2 heterocycles. The molecule has 1 aliphatic rings. The van der Waals surface area contributed by atoms with E-state index in [1.54, 1.807) is 11.3 Å². The van der Waals surface area contributed by atoms with Gasteiger partial charge in [-0.3, -0.25) is 9.69 Å². The van der Waals surface area contributed by atoms with Crippen molar-refractivity contribution in [2.75, 3.05) is 33.2 Å². The number of aryl methyl sites for hydroxylation is 2. The van der Waals surface area contributed by atoms with Gasteiger partial charge in [0.05, 0.1) is 6.04 Å². The smallest absolute Gasteiger partial charge is 0.251 e. The van der Waals surface area contributed by atoms with Crippen molar-refractivity contribution in [2.24, 2.45) is 0 Å². The van der Waals surface area contributed by atoms with Crippen molar-refractivity contribution in [3.63, 3.8) is 0 Å². The highest BCUT2D eigenvalue weighted by Gasteiger charge is 2.30. The molecular formula is C21H29N3OS. The molecule has 2 atom stereocenters. The summed E-state index contributed by atoms with van der Waals surface area (Å²) in [5.41, 5.74) is 3.10. The van der Waals surface area contributed by atoms with Crippen molar-refractivity contribution in [1.29, 1.82) is 0 Å². The van der Waals surface area contributed by atoms with E-state index in [1.807, 2.05) is 25.1 Å². The van der Waals surface area contributed by atoms with E-state index in [9.17, 15) is 4.79 Å². The number of hydrogen-bond donors (Lipinski definition) is 1. The van der Waals surface area contributed by atoms with Crippen LogP contribution >= 0.6 is 11.3 Å². The van der Waals surface area contributed by atoms with Gasteiger partial charge in [0.25, 0.3) is 5.91 Å². The fourth-order valence-corrected chi connectivity index (χ4v) is 4.52. The number of carbonyl (C=O) groups excluding carboxylic acids is 1. The molecule has 4 nitrogen and oxygen atoms in total. The molecule has 3 rings (SSSR count). The maximum Gasteiger partial charge on any atom is 0.251 e. The quantitative estimate of drug-likeness (QED) is 0.874. The fourth-order valence-electron chi connectivity index (χ4n) is 3.55. The van der Waals surface area contributed by atoms with Crippen molar-refractivity contribution in [3.05, 3.63) is 57.3 Å². The fraction of sp³-hybridized carbons (Fsp3) is 0.476. The summed E-state index contributed by atoms with van der Waals surface area (Å²) in [6.07, 6.45) is 0. The van der Waals surface area contributed by atoms with Gasteiger partial charge in [-0.1, -0.05) is 12.1 Å². The Morgan fingerprint density at radius 2 is 1.85 bits per heavy atom. The lowest BCUT2D eigenvalue weighted by molar-refractivity contribution is 0.0799. The predicted octanol–water partition coefficient (Wildman–Crippen LogP) is 3.47. The van der Waals surface area contributed by atoms with E-state index < -0.39 is 0 Å². The highest BCUT2D eigenvalue weighted by molar-refractivity contribution is 7.10. The first-order valence-electron chi connectivity index (χ1n) is 9.30. The molecule has 1 aromatic heterocycles. The molecule has 0 radical (unpaired) electrons. The number of hydrogen-bond acceptors (Lipinski definition) is 4. The van der Waals surface area contributed by atoms with Gasteiger partial charge in [-0.2, -0.15) is 0 Å². The predicted molar refractivity (Wildman–Crippen MR) is 109 cm³/mol. The summed E-state index contributed by atoms with van der Waals surface area (Å²) in [5, 5.41) is 5.37. The minimum Gasteiger partial charge on any atom is -0.348 e. The Morgan fingerprint density at radius 3 is 2.46 bits per heavy atom. The number of nitrogens with zero attached hydrogens (tertiary/aromatic N) is 2. The van der Waals surface area contributed by atoms with Crippen molar-refractivity contribution in [2.45, 2.75) is 32.9 Å². The highest BCUT2D eigenvalue weighted by atomic mass is 32.1. The monoisotopic (exact) mass is 371 g/mol. The van der Waals surface area contributed by atoms with Gasteiger partial charge in [0.1, 0.15) is 0 Å². The normalized spacial score (nSPS) is 18.5. The van der Waals surface area contributed by atoms with Crippen LogP contribution in [0.1, 0.15) is 39.3 Å². The highest BCUT2D eigenvalue weighted by Crippen LogP contribution is 2.29. The summed E-state index contributed by atoms with van der Waals surface area (Å²) in [6, 6.07) is 10.5. The van der Waals surface area contributed by atoms with Crippen LogP contribution in [0.25, 0.3) is 0 Å². The lowest BCUT2D eigenvalue weighted by Gasteiger charge is -2.40. The molecule has 0 bridgehead atoms. The molecule has 5 heteroatoms. The average Bonchev–Trinajstić information content (AvgIpc) is 3.13.